The molecule has 0 aromatic carbocycles. The standard InChI is InChI=1S/C10H14N2OS/c1-10(2)4-3-5-7(10)6(8(11)13)9(12)14-5/h3-4,12H2,1-2H3,(H2,11,13). The zero-order valence-electron chi connectivity index (χ0n) is 8.39. The van der Waals surface area contributed by atoms with E-state index in [1.807, 2.05) is 0 Å². The largest absolute Gasteiger partial charge is 0.390 e. The van der Waals surface area contributed by atoms with Crippen LogP contribution < -0.4 is 11.5 Å². The molecule has 0 atom stereocenters. The van der Waals surface area contributed by atoms with Crippen molar-refractivity contribution in [2.24, 2.45) is 5.73 Å². The molecule has 76 valence electrons. The molecule has 1 amide bonds. The van der Waals surface area contributed by atoms with Crippen LogP contribution >= 0.6 is 11.3 Å². The highest BCUT2D eigenvalue weighted by atomic mass is 32.1. The molecule has 1 aromatic rings. The lowest BCUT2D eigenvalue weighted by Gasteiger charge is -2.19. The van der Waals surface area contributed by atoms with Crippen LogP contribution in [0.2, 0.25) is 0 Å². The Kier molecular flexibility index (Phi) is 1.86. The van der Waals surface area contributed by atoms with Crippen molar-refractivity contribution < 1.29 is 4.79 Å². The number of carbonyl (C=O) groups excluding carboxylic acids is 1. The fraction of sp³-hybridized carbons (Fsp3) is 0.500. The molecule has 2 rings (SSSR count). The summed E-state index contributed by atoms with van der Waals surface area (Å²) in [6.45, 7) is 4.27. The van der Waals surface area contributed by atoms with Crippen molar-refractivity contribution in [1.82, 2.24) is 0 Å². The summed E-state index contributed by atoms with van der Waals surface area (Å²) in [6, 6.07) is 0. The van der Waals surface area contributed by atoms with Gasteiger partial charge in [-0.05, 0) is 23.8 Å². The summed E-state index contributed by atoms with van der Waals surface area (Å²) in [5, 5.41) is 0.579. The maximum atomic E-state index is 11.3. The van der Waals surface area contributed by atoms with Gasteiger partial charge in [-0.25, -0.2) is 0 Å². The fourth-order valence-corrected chi connectivity index (χ4v) is 3.44. The number of carbonyl (C=O) groups is 1. The predicted molar refractivity (Wildman–Crippen MR) is 58.6 cm³/mol. The van der Waals surface area contributed by atoms with Gasteiger partial charge in [0, 0.05) is 4.88 Å². The van der Waals surface area contributed by atoms with Crippen molar-refractivity contribution in [3.8, 4) is 0 Å². The fourth-order valence-electron chi connectivity index (χ4n) is 2.18. The topological polar surface area (TPSA) is 69.1 Å². The van der Waals surface area contributed by atoms with Crippen LogP contribution in [0.15, 0.2) is 0 Å². The Balaban J connectivity index is 2.68. The van der Waals surface area contributed by atoms with Gasteiger partial charge in [0.25, 0.3) is 5.91 Å². The smallest absolute Gasteiger partial charge is 0.251 e. The Morgan fingerprint density at radius 3 is 2.71 bits per heavy atom. The lowest BCUT2D eigenvalue weighted by atomic mass is 9.85. The summed E-state index contributed by atoms with van der Waals surface area (Å²) in [5.41, 5.74) is 12.8. The van der Waals surface area contributed by atoms with E-state index in [1.165, 1.54) is 16.2 Å². The summed E-state index contributed by atoms with van der Waals surface area (Å²) in [7, 11) is 0. The summed E-state index contributed by atoms with van der Waals surface area (Å²) in [4.78, 5) is 12.5. The van der Waals surface area contributed by atoms with Gasteiger partial charge in [-0.1, -0.05) is 13.8 Å². The van der Waals surface area contributed by atoms with Gasteiger partial charge in [0.1, 0.15) is 0 Å². The van der Waals surface area contributed by atoms with Crippen LogP contribution in [0.3, 0.4) is 0 Å². The number of primary amides is 1. The van der Waals surface area contributed by atoms with E-state index in [-0.39, 0.29) is 5.41 Å². The van der Waals surface area contributed by atoms with E-state index in [4.69, 9.17) is 11.5 Å². The summed E-state index contributed by atoms with van der Waals surface area (Å²) in [5.74, 6) is -0.394. The lowest BCUT2D eigenvalue weighted by molar-refractivity contribution is 0.0999. The van der Waals surface area contributed by atoms with Crippen LogP contribution in [0.5, 0.6) is 0 Å². The van der Waals surface area contributed by atoms with Gasteiger partial charge in [-0.3, -0.25) is 4.79 Å². The quantitative estimate of drug-likeness (QED) is 0.740. The van der Waals surface area contributed by atoms with Crippen molar-refractivity contribution in [2.45, 2.75) is 32.1 Å². The maximum Gasteiger partial charge on any atom is 0.251 e. The number of anilines is 1. The second kappa shape index (κ2) is 2.73. The number of thiophene rings is 1. The molecular formula is C10H14N2OS. The molecule has 1 heterocycles. The van der Waals surface area contributed by atoms with E-state index in [9.17, 15) is 4.79 Å². The van der Waals surface area contributed by atoms with Crippen molar-refractivity contribution in [3.05, 3.63) is 16.0 Å². The third kappa shape index (κ3) is 1.14. The third-order valence-corrected chi connectivity index (χ3v) is 3.99. The van der Waals surface area contributed by atoms with Gasteiger partial charge < -0.3 is 11.5 Å². The average Bonchev–Trinajstić information content (AvgIpc) is 2.50. The third-order valence-electron chi connectivity index (χ3n) is 2.91. The van der Waals surface area contributed by atoms with E-state index in [0.29, 0.717) is 10.6 Å². The minimum absolute atomic E-state index is 0.0494. The molecule has 1 aromatic heterocycles. The predicted octanol–water partition coefficient (Wildman–Crippen LogP) is 1.65. The molecule has 14 heavy (non-hydrogen) atoms. The molecule has 0 unspecified atom stereocenters. The van der Waals surface area contributed by atoms with Gasteiger partial charge in [0.2, 0.25) is 0 Å². The van der Waals surface area contributed by atoms with Crippen LogP contribution in [0, 0.1) is 0 Å². The van der Waals surface area contributed by atoms with Crippen molar-refractivity contribution in [3.63, 3.8) is 0 Å². The van der Waals surface area contributed by atoms with Crippen LogP contribution in [-0.2, 0) is 11.8 Å². The molecule has 4 N–H and O–H groups in total. The molecule has 0 radical (unpaired) electrons. The molecule has 1 aliphatic rings. The number of amides is 1. The molecule has 0 fully saturated rings. The second-order valence-electron chi connectivity index (χ2n) is 4.39. The molecule has 0 saturated carbocycles. The number of hydrogen-bond acceptors (Lipinski definition) is 3. The Labute approximate surface area is 87.1 Å². The Hall–Kier alpha value is -1.03. The van der Waals surface area contributed by atoms with Crippen molar-refractivity contribution in [1.29, 1.82) is 0 Å². The Morgan fingerprint density at radius 2 is 2.14 bits per heavy atom. The molecule has 0 saturated heterocycles. The molecule has 0 aliphatic heterocycles. The van der Waals surface area contributed by atoms with E-state index in [1.54, 1.807) is 0 Å². The summed E-state index contributed by atoms with van der Waals surface area (Å²) >= 11 is 1.51. The van der Waals surface area contributed by atoms with Gasteiger partial charge >= 0.3 is 0 Å². The zero-order chi connectivity index (χ0) is 10.5. The number of rotatable bonds is 1. The second-order valence-corrected chi connectivity index (χ2v) is 5.52. The first kappa shape index (κ1) is 9.52. The van der Waals surface area contributed by atoms with Crippen LogP contribution in [0.1, 0.15) is 41.1 Å². The minimum Gasteiger partial charge on any atom is -0.390 e. The van der Waals surface area contributed by atoms with E-state index >= 15 is 0 Å². The zero-order valence-corrected chi connectivity index (χ0v) is 9.20. The monoisotopic (exact) mass is 210 g/mol. The molecule has 0 bridgehead atoms. The number of nitrogens with two attached hydrogens (primary N) is 2. The summed E-state index contributed by atoms with van der Waals surface area (Å²) < 4.78 is 0. The molecular weight excluding hydrogens is 196 g/mol. The highest BCUT2D eigenvalue weighted by molar-refractivity contribution is 7.16. The molecule has 3 nitrogen and oxygen atoms in total. The van der Waals surface area contributed by atoms with E-state index in [0.717, 1.165) is 18.4 Å². The molecule has 0 spiro atoms. The first-order valence-electron chi connectivity index (χ1n) is 4.65. The first-order valence-corrected chi connectivity index (χ1v) is 5.46. The van der Waals surface area contributed by atoms with Gasteiger partial charge in [-0.2, -0.15) is 0 Å². The van der Waals surface area contributed by atoms with Gasteiger partial charge in [0.15, 0.2) is 0 Å². The highest BCUT2D eigenvalue weighted by Gasteiger charge is 2.36. The van der Waals surface area contributed by atoms with Crippen LogP contribution in [0.4, 0.5) is 5.00 Å². The van der Waals surface area contributed by atoms with Crippen LogP contribution in [-0.4, -0.2) is 5.91 Å². The maximum absolute atomic E-state index is 11.3. The van der Waals surface area contributed by atoms with Crippen molar-refractivity contribution >= 4 is 22.2 Å². The van der Waals surface area contributed by atoms with E-state index in [2.05, 4.69) is 13.8 Å². The molecule has 1 aliphatic carbocycles. The average molecular weight is 210 g/mol. The Bertz CT molecular complexity index is 406. The highest BCUT2D eigenvalue weighted by Crippen LogP contribution is 2.46. The summed E-state index contributed by atoms with van der Waals surface area (Å²) in [6.07, 6.45) is 2.10. The van der Waals surface area contributed by atoms with Crippen LogP contribution in [0.25, 0.3) is 0 Å². The minimum atomic E-state index is -0.394. The van der Waals surface area contributed by atoms with Gasteiger partial charge in [0.05, 0.1) is 10.6 Å². The molecule has 4 heteroatoms. The van der Waals surface area contributed by atoms with Gasteiger partial charge in [-0.15, -0.1) is 11.3 Å². The number of aryl methyl sites for hydroxylation is 1. The Morgan fingerprint density at radius 1 is 1.50 bits per heavy atom. The van der Waals surface area contributed by atoms with E-state index < -0.39 is 5.91 Å². The number of hydrogen-bond donors (Lipinski definition) is 2. The number of fused-ring (bicyclic) bond motifs is 1. The number of nitrogen functional groups attached to an aromatic ring is 1. The lowest BCUT2D eigenvalue weighted by Crippen LogP contribution is -2.20. The SMILES string of the molecule is CC1(C)CCc2sc(N)c(C(N)=O)c21. The first-order chi connectivity index (χ1) is 6.43. The normalized spacial score (nSPS) is 18.1. The van der Waals surface area contributed by atoms with Crippen molar-refractivity contribution in [2.75, 3.05) is 5.73 Å².